The molecule has 112 valence electrons. The summed E-state index contributed by atoms with van der Waals surface area (Å²) in [5.41, 5.74) is 0. The van der Waals surface area contributed by atoms with E-state index < -0.39 is 17.9 Å². The molecule has 0 aromatic rings. The summed E-state index contributed by atoms with van der Waals surface area (Å²) in [7, 11) is 3.90. The van der Waals surface area contributed by atoms with Crippen molar-refractivity contribution in [2.75, 3.05) is 20.6 Å². The third-order valence-electron chi connectivity index (χ3n) is 2.18. The zero-order valence-corrected chi connectivity index (χ0v) is 13.0. The SMILES string of the molecule is CN(C)CCCCC(CC(=O)O)C(=O)O.[NH2-].[NH2-].[Pt+2]. The maximum atomic E-state index is 10.7. The number of aliphatic carboxylic acids is 2. The van der Waals surface area contributed by atoms with Crippen LogP contribution in [-0.2, 0) is 30.7 Å². The molecule has 0 aromatic heterocycles. The first-order valence-corrected chi connectivity index (χ1v) is 5.02. The second kappa shape index (κ2) is 14.6. The van der Waals surface area contributed by atoms with Gasteiger partial charge in [-0.2, -0.15) is 0 Å². The number of carboxylic acids is 2. The number of hydrogen-bond acceptors (Lipinski definition) is 3. The number of rotatable bonds is 8. The Morgan fingerprint density at radius 2 is 1.61 bits per heavy atom. The molecule has 0 aliphatic heterocycles. The van der Waals surface area contributed by atoms with Crippen molar-refractivity contribution < 1.29 is 40.9 Å². The smallest absolute Gasteiger partial charge is 0.693 e. The van der Waals surface area contributed by atoms with Crippen molar-refractivity contribution in [2.24, 2.45) is 5.92 Å². The van der Waals surface area contributed by atoms with E-state index in [0.717, 1.165) is 19.4 Å². The first kappa shape index (κ1) is 26.1. The third kappa shape index (κ3) is 15.5. The van der Waals surface area contributed by atoms with Gasteiger partial charge in [0.05, 0.1) is 12.3 Å². The first-order valence-electron chi connectivity index (χ1n) is 5.02. The van der Waals surface area contributed by atoms with E-state index in [9.17, 15) is 9.59 Å². The van der Waals surface area contributed by atoms with Gasteiger partial charge in [0.15, 0.2) is 0 Å². The minimum Gasteiger partial charge on any atom is -0.693 e. The van der Waals surface area contributed by atoms with Gasteiger partial charge in [-0.05, 0) is 33.5 Å². The van der Waals surface area contributed by atoms with Gasteiger partial charge in [0.2, 0.25) is 0 Å². The second-order valence-corrected chi connectivity index (χ2v) is 3.93. The number of nitrogens with zero attached hydrogens (tertiary/aromatic N) is 1. The van der Waals surface area contributed by atoms with Crippen LogP contribution < -0.4 is 0 Å². The summed E-state index contributed by atoms with van der Waals surface area (Å²) in [6.45, 7) is 0.902. The molecule has 6 N–H and O–H groups in total. The van der Waals surface area contributed by atoms with Crippen molar-refractivity contribution in [3.05, 3.63) is 12.3 Å². The number of unbranched alkanes of at least 4 members (excludes halogenated alkanes) is 1. The monoisotopic (exact) mass is 444 g/mol. The average molecular weight is 444 g/mol. The van der Waals surface area contributed by atoms with Crippen LogP contribution in [0.5, 0.6) is 0 Å². The van der Waals surface area contributed by atoms with Crippen LogP contribution in [0.3, 0.4) is 0 Å². The second-order valence-electron chi connectivity index (χ2n) is 3.93. The minimum absolute atomic E-state index is 0. The van der Waals surface area contributed by atoms with Gasteiger partial charge in [-0.25, -0.2) is 0 Å². The van der Waals surface area contributed by atoms with Gasteiger partial charge in [-0.1, -0.05) is 6.42 Å². The molecular formula is C10H23N3O4Pt. The van der Waals surface area contributed by atoms with Gasteiger partial charge in [0, 0.05) is 0 Å². The van der Waals surface area contributed by atoms with Crippen molar-refractivity contribution >= 4 is 11.9 Å². The van der Waals surface area contributed by atoms with Crippen LogP contribution in [0.1, 0.15) is 25.7 Å². The molecule has 0 radical (unpaired) electrons. The molecule has 0 fully saturated rings. The summed E-state index contributed by atoms with van der Waals surface area (Å²) in [4.78, 5) is 23.1. The normalized spacial score (nSPS) is 10.6. The first-order chi connectivity index (χ1) is 6.93. The van der Waals surface area contributed by atoms with Crippen LogP contribution in [0.4, 0.5) is 0 Å². The summed E-state index contributed by atoms with van der Waals surface area (Å²) in [6, 6.07) is 0. The summed E-state index contributed by atoms with van der Waals surface area (Å²) in [6.07, 6.45) is 1.81. The molecule has 0 amide bonds. The van der Waals surface area contributed by atoms with Gasteiger partial charge < -0.3 is 27.4 Å². The Bertz CT molecular complexity index is 227. The fourth-order valence-electron chi connectivity index (χ4n) is 1.34. The Balaban J connectivity index is -0.000000327. The molecule has 0 saturated carbocycles. The molecular weight excluding hydrogens is 421 g/mol. The molecule has 0 bridgehead atoms. The molecule has 0 rings (SSSR count). The zero-order chi connectivity index (χ0) is 11.8. The predicted octanol–water partition coefficient (Wildman–Crippen LogP) is 2.33. The largest absolute Gasteiger partial charge is 2.00 e. The van der Waals surface area contributed by atoms with Gasteiger partial charge in [0.1, 0.15) is 0 Å². The van der Waals surface area contributed by atoms with Gasteiger partial charge in [-0.3, -0.25) is 9.59 Å². The summed E-state index contributed by atoms with van der Waals surface area (Å²) in [5, 5.41) is 17.3. The summed E-state index contributed by atoms with van der Waals surface area (Å²) >= 11 is 0. The molecule has 7 nitrogen and oxygen atoms in total. The fraction of sp³-hybridized carbons (Fsp3) is 0.800. The Labute approximate surface area is 122 Å². The van der Waals surface area contributed by atoms with Crippen LogP contribution in [0.25, 0.3) is 12.3 Å². The molecule has 0 aliphatic rings. The molecule has 0 spiro atoms. The van der Waals surface area contributed by atoms with Gasteiger partial charge >= 0.3 is 33.0 Å². The van der Waals surface area contributed by atoms with E-state index in [-0.39, 0.29) is 39.8 Å². The van der Waals surface area contributed by atoms with Crippen LogP contribution in [0, 0.1) is 5.92 Å². The Hall–Kier alpha value is -0.492. The minimum atomic E-state index is -1.05. The Morgan fingerprint density at radius 3 is 1.94 bits per heavy atom. The van der Waals surface area contributed by atoms with Crippen molar-refractivity contribution in [1.29, 1.82) is 0 Å². The molecule has 18 heavy (non-hydrogen) atoms. The van der Waals surface area contributed by atoms with Crippen molar-refractivity contribution in [3.63, 3.8) is 0 Å². The van der Waals surface area contributed by atoms with E-state index in [4.69, 9.17) is 10.2 Å². The summed E-state index contributed by atoms with van der Waals surface area (Å²) in [5.74, 6) is -2.80. The number of carboxylic acid groups (broad SMARTS) is 2. The van der Waals surface area contributed by atoms with Crippen LogP contribution in [0.15, 0.2) is 0 Å². The topological polar surface area (TPSA) is 145 Å². The molecule has 0 heterocycles. The molecule has 0 aliphatic carbocycles. The van der Waals surface area contributed by atoms with Gasteiger partial charge in [-0.15, -0.1) is 0 Å². The van der Waals surface area contributed by atoms with E-state index in [1.54, 1.807) is 0 Å². The quantitative estimate of drug-likeness (QED) is 0.552. The molecule has 1 unspecified atom stereocenters. The number of hydrogen-bond donors (Lipinski definition) is 2. The maximum Gasteiger partial charge on any atom is 2.00 e. The van der Waals surface area contributed by atoms with E-state index in [1.807, 2.05) is 19.0 Å². The number of nitrogens with two attached hydrogens (primary N) is 2. The summed E-state index contributed by atoms with van der Waals surface area (Å²) < 4.78 is 0. The third-order valence-corrected chi connectivity index (χ3v) is 2.18. The average Bonchev–Trinajstić information content (AvgIpc) is 2.08. The Kier molecular flexibility index (Phi) is 21.2. The van der Waals surface area contributed by atoms with Crippen molar-refractivity contribution in [1.82, 2.24) is 4.90 Å². The molecule has 8 heteroatoms. The van der Waals surface area contributed by atoms with Crippen LogP contribution in [0.2, 0.25) is 0 Å². The standard InChI is InChI=1S/C10H19NO4.2H2N.Pt/c1-11(2)6-4-3-5-8(10(14)15)7-9(12)13;;;/h8H,3-7H2,1-2H3,(H,12,13)(H,14,15);2*1H2;/q;2*-1;+2. The van der Waals surface area contributed by atoms with Crippen LogP contribution >= 0.6 is 0 Å². The van der Waals surface area contributed by atoms with E-state index in [1.165, 1.54) is 0 Å². The van der Waals surface area contributed by atoms with Gasteiger partial charge in [0.25, 0.3) is 0 Å². The zero-order valence-electron chi connectivity index (χ0n) is 10.7. The maximum absolute atomic E-state index is 10.7. The van der Waals surface area contributed by atoms with Crippen molar-refractivity contribution in [3.8, 4) is 0 Å². The van der Waals surface area contributed by atoms with E-state index >= 15 is 0 Å². The van der Waals surface area contributed by atoms with E-state index in [2.05, 4.69) is 0 Å². The fourth-order valence-corrected chi connectivity index (χ4v) is 1.34. The van der Waals surface area contributed by atoms with Crippen molar-refractivity contribution in [2.45, 2.75) is 25.7 Å². The Morgan fingerprint density at radius 1 is 1.11 bits per heavy atom. The molecule has 1 atom stereocenters. The molecule has 0 saturated heterocycles. The van der Waals surface area contributed by atoms with Crippen LogP contribution in [-0.4, -0.2) is 47.7 Å². The van der Waals surface area contributed by atoms with E-state index in [0.29, 0.717) is 6.42 Å². The number of carbonyl (C=O) groups is 2. The predicted molar refractivity (Wildman–Crippen MR) is 66.4 cm³/mol. The molecule has 0 aromatic carbocycles.